The van der Waals surface area contributed by atoms with Gasteiger partial charge in [0.05, 0.1) is 23.7 Å². The second-order valence-corrected chi connectivity index (χ2v) is 12.3. The molecule has 2 aliphatic carbocycles. The van der Waals surface area contributed by atoms with Gasteiger partial charge in [-0.1, -0.05) is 43.5 Å². The van der Waals surface area contributed by atoms with Crippen LogP contribution in [0.25, 0.3) is 0 Å². The van der Waals surface area contributed by atoms with Crippen molar-refractivity contribution in [2.45, 2.75) is 34.9 Å². The molecule has 0 radical (unpaired) electrons. The van der Waals surface area contributed by atoms with E-state index in [1.54, 1.807) is 18.2 Å². The van der Waals surface area contributed by atoms with Crippen LogP contribution in [0.1, 0.15) is 30.7 Å². The number of aromatic hydroxyl groups is 1. The summed E-state index contributed by atoms with van der Waals surface area (Å²) >= 11 is 20.7. The summed E-state index contributed by atoms with van der Waals surface area (Å²) in [4.78, 5) is 62.8. The van der Waals surface area contributed by atoms with Crippen molar-refractivity contribution in [3.63, 3.8) is 0 Å². The third-order valence-electron chi connectivity index (χ3n) is 7.96. The Morgan fingerprint density at radius 1 is 1.08 bits per heavy atom. The maximum atomic E-state index is 13.7. The number of rotatable bonds is 5. The first kappa shape index (κ1) is 26.6. The number of amides is 4. The van der Waals surface area contributed by atoms with E-state index < -0.39 is 69.4 Å². The molecule has 13 heteroatoms. The number of imide groups is 2. The number of hydrogen-bond donors (Lipinski definition) is 2. The molecular formula is C24H20Br2Cl2N2O7. The first-order valence-corrected chi connectivity index (χ1v) is 14.1. The molecule has 0 bridgehead atoms. The second-order valence-electron chi connectivity index (χ2n) is 9.66. The Morgan fingerprint density at radius 2 is 1.78 bits per heavy atom. The predicted octanol–water partition coefficient (Wildman–Crippen LogP) is 3.34. The fraction of sp³-hybridized carbons (Fsp3) is 0.458. The Labute approximate surface area is 238 Å². The quantitative estimate of drug-likeness (QED) is 0.211. The lowest BCUT2D eigenvalue weighted by Gasteiger charge is -2.50. The molecule has 9 nitrogen and oxygen atoms in total. The molecule has 2 N–H and O–H groups in total. The zero-order valence-corrected chi connectivity index (χ0v) is 23.7. The maximum Gasteiger partial charge on any atom is 0.305 e. The first-order valence-electron chi connectivity index (χ1n) is 11.4. The molecule has 5 rings (SSSR count). The van der Waals surface area contributed by atoms with Gasteiger partial charge in [-0.3, -0.25) is 33.8 Å². The molecule has 6 unspecified atom stereocenters. The van der Waals surface area contributed by atoms with Crippen LogP contribution in [0.15, 0.2) is 34.3 Å². The van der Waals surface area contributed by atoms with E-state index in [1.807, 2.05) is 0 Å². The lowest BCUT2D eigenvalue weighted by Crippen LogP contribution is -2.60. The van der Waals surface area contributed by atoms with Crippen molar-refractivity contribution in [2.24, 2.45) is 17.8 Å². The third kappa shape index (κ3) is 3.57. The molecule has 37 heavy (non-hydrogen) atoms. The Hall–Kier alpha value is -1.95. The average Bonchev–Trinajstić information content (AvgIpc) is 3.17. The van der Waals surface area contributed by atoms with Crippen LogP contribution in [-0.2, 0) is 24.0 Å². The molecule has 1 aromatic carbocycles. The van der Waals surface area contributed by atoms with Gasteiger partial charge in [0.25, 0.3) is 11.8 Å². The highest BCUT2D eigenvalue weighted by molar-refractivity contribution is 9.10. The fourth-order valence-corrected chi connectivity index (χ4v) is 8.14. The first-order chi connectivity index (χ1) is 17.4. The highest BCUT2D eigenvalue weighted by Crippen LogP contribution is 2.66. The molecule has 2 heterocycles. The average molecular weight is 679 g/mol. The number of fused-ring (bicyclic) bond motifs is 4. The van der Waals surface area contributed by atoms with Gasteiger partial charge in [0.2, 0.25) is 11.8 Å². The van der Waals surface area contributed by atoms with Gasteiger partial charge in [0.1, 0.15) is 5.75 Å². The number of alkyl halides is 3. The standard InChI is InChI=1S/C24H20Br2Cl2N2O7/c25-9-30-21(36)23(27)8-14-11(2-3-12-17(14)20(35)29(19(12)34)6-5-16(32)33)18(24(23,28)22(30)37)13-7-10(26)1-4-15(13)31/h1-2,4,7,12,14,17-18,31H,3,5-6,8-9H2,(H,32,33). The summed E-state index contributed by atoms with van der Waals surface area (Å²) in [5, 5.41) is 19.9. The van der Waals surface area contributed by atoms with Crippen molar-refractivity contribution in [2.75, 3.05) is 12.0 Å². The molecular weight excluding hydrogens is 659 g/mol. The normalized spacial score (nSPS) is 34.9. The van der Waals surface area contributed by atoms with Crippen LogP contribution in [0.4, 0.5) is 0 Å². The molecule has 1 saturated carbocycles. The number of aliphatic carboxylic acids is 1. The van der Waals surface area contributed by atoms with Gasteiger partial charge in [-0.15, -0.1) is 23.2 Å². The van der Waals surface area contributed by atoms with Crippen LogP contribution < -0.4 is 0 Å². The van der Waals surface area contributed by atoms with Gasteiger partial charge >= 0.3 is 5.97 Å². The van der Waals surface area contributed by atoms with E-state index in [2.05, 4.69) is 31.9 Å². The number of carboxylic acid groups (broad SMARTS) is 1. The SMILES string of the molecule is O=C(O)CCN1C(=O)C2CC=C3C(CC4(Cl)C(=O)N(CBr)C(=O)C4(Cl)C3c3cc(Br)ccc3O)C2C1=O. The maximum absolute atomic E-state index is 13.7. The molecule has 0 spiro atoms. The Kier molecular flexibility index (Phi) is 6.53. The molecule has 0 aromatic heterocycles. The zero-order valence-electron chi connectivity index (χ0n) is 19.0. The molecule has 4 amide bonds. The van der Waals surface area contributed by atoms with Crippen LogP contribution in [0, 0.1) is 17.8 Å². The topological polar surface area (TPSA) is 132 Å². The number of halogens is 4. The van der Waals surface area contributed by atoms with Crippen molar-refractivity contribution in [3.8, 4) is 5.75 Å². The van der Waals surface area contributed by atoms with Crippen LogP contribution in [0.5, 0.6) is 5.75 Å². The summed E-state index contributed by atoms with van der Waals surface area (Å²) in [7, 11) is 0. The number of carboxylic acids is 1. The van der Waals surface area contributed by atoms with Gasteiger partial charge in [-0.2, -0.15) is 0 Å². The van der Waals surface area contributed by atoms with Gasteiger partial charge in [-0.05, 0) is 37.0 Å². The predicted molar refractivity (Wildman–Crippen MR) is 138 cm³/mol. The van der Waals surface area contributed by atoms with E-state index in [0.29, 0.717) is 10.0 Å². The number of carbonyl (C=O) groups excluding carboxylic acids is 4. The third-order valence-corrected chi connectivity index (χ3v) is 10.4. The summed E-state index contributed by atoms with van der Waals surface area (Å²) < 4.78 is 0.582. The highest BCUT2D eigenvalue weighted by atomic mass is 79.9. The van der Waals surface area contributed by atoms with Crippen LogP contribution in [0.3, 0.4) is 0 Å². The van der Waals surface area contributed by atoms with Gasteiger partial charge < -0.3 is 10.2 Å². The number of carbonyl (C=O) groups is 5. The number of nitrogens with zero attached hydrogens (tertiary/aromatic N) is 2. The van der Waals surface area contributed by atoms with Crippen LogP contribution in [-0.4, -0.2) is 71.4 Å². The molecule has 6 atom stereocenters. The minimum Gasteiger partial charge on any atom is -0.508 e. The lowest BCUT2D eigenvalue weighted by atomic mass is 9.56. The summed E-state index contributed by atoms with van der Waals surface area (Å²) in [6.07, 6.45) is 1.32. The molecule has 3 fully saturated rings. The number of phenols is 1. The van der Waals surface area contributed by atoms with Crippen molar-refractivity contribution in [3.05, 3.63) is 39.9 Å². The number of benzene rings is 1. The van der Waals surface area contributed by atoms with E-state index in [0.717, 1.165) is 9.80 Å². The van der Waals surface area contributed by atoms with Crippen molar-refractivity contribution < 1.29 is 34.2 Å². The molecule has 2 aliphatic heterocycles. The van der Waals surface area contributed by atoms with Crippen LogP contribution >= 0.6 is 55.1 Å². The molecule has 2 saturated heterocycles. The zero-order chi connectivity index (χ0) is 27.0. The Bertz CT molecular complexity index is 1310. The summed E-state index contributed by atoms with van der Waals surface area (Å²) in [5.41, 5.74) is 0.640. The van der Waals surface area contributed by atoms with E-state index in [-0.39, 0.29) is 36.2 Å². The summed E-state index contributed by atoms with van der Waals surface area (Å²) in [5.74, 6) is -7.29. The Morgan fingerprint density at radius 3 is 2.43 bits per heavy atom. The van der Waals surface area contributed by atoms with Crippen molar-refractivity contribution in [1.29, 1.82) is 0 Å². The number of phenolic OH excluding ortho intramolecular Hbond substituents is 1. The number of hydrogen-bond acceptors (Lipinski definition) is 6. The van der Waals surface area contributed by atoms with E-state index in [1.165, 1.54) is 6.07 Å². The highest BCUT2D eigenvalue weighted by Gasteiger charge is 2.76. The van der Waals surface area contributed by atoms with Gasteiger partial charge in [0, 0.05) is 22.5 Å². The lowest BCUT2D eigenvalue weighted by molar-refractivity contribution is -0.143. The van der Waals surface area contributed by atoms with Crippen molar-refractivity contribution in [1.82, 2.24) is 9.80 Å². The van der Waals surface area contributed by atoms with Gasteiger partial charge in [0.15, 0.2) is 9.75 Å². The summed E-state index contributed by atoms with van der Waals surface area (Å²) in [6.45, 7) is -0.266. The molecule has 4 aliphatic rings. The summed E-state index contributed by atoms with van der Waals surface area (Å²) in [6, 6.07) is 4.62. The molecule has 196 valence electrons. The van der Waals surface area contributed by atoms with Crippen LogP contribution in [0.2, 0.25) is 0 Å². The minimum absolute atomic E-state index is 0.152. The monoisotopic (exact) mass is 676 g/mol. The Balaban J connectivity index is 1.69. The smallest absolute Gasteiger partial charge is 0.305 e. The minimum atomic E-state index is -2.01. The van der Waals surface area contributed by atoms with E-state index in [9.17, 15) is 29.1 Å². The largest absolute Gasteiger partial charge is 0.508 e. The fourth-order valence-electron chi connectivity index (χ4n) is 6.35. The van der Waals surface area contributed by atoms with Crippen molar-refractivity contribution >= 4 is 84.7 Å². The van der Waals surface area contributed by atoms with Gasteiger partial charge in [-0.25, -0.2) is 0 Å². The van der Waals surface area contributed by atoms with E-state index in [4.69, 9.17) is 28.3 Å². The number of allylic oxidation sites excluding steroid dienone is 2. The number of likely N-dealkylation sites (tertiary alicyclic amines) is 2. The molecule has 1 aromatic rings. The second kappa shape index (κ2) is 9.07. The van der Waals surface area contributed by atoms with E-state index >= 15 is 0 Å².